The van der Waals surface area contributed by atoms with Crippen LogP contribution in [0.25, 0.3) is 11.3 Å². The van der Waals surface area contributed by atoms with Crippen LogP contribution in [0.3, 0.4) is 0 Å². The van der Waals surface area contributed by atoms with Crippen molar-refractivity contribution in [1.29, 1.82) is 0 Å². The van der Waals surface area contributed by atoms with Gasteiger partial charge in [0, 0.05) is 24.1 Å². The van der Waals surface area contributed by atoms with E-state index in [0.29, 0.717) is 29.5 Å². The van der Waals surface area contributed by atoms with Crippen LogP contribution in [0.2, 0.25) is 5.02 Å². The maximum absolute atomic E-state index is 12.3. The zero-order valence-corrected chi connectivity index (χ0v) is 15.6. The Hall–Kier alpha value is -2.59. The summed E-state index contributed by atoms with van der Waals surface area (Å²) in [4.78, 5) is 16.6. The van der Waals surface area contributed by atoms with Crippen LogP contribution >= 0.6 is 11.6 Å². The fraction of sp³-hybridized carbons (Fsp3) is 0.238. The molecule has 0 saturated heterocycles. The van der Waals surface area contributed by atoms with Crippen LogP contribution in [0.15, 0.2) is 53.1 Å². The van der Waals surface area contributed by atoms with Crippen molar-refractivity contribution < 1.29 is 9.21 Å². The molecule has 0 atom stereocenters. The SMILES string of the molecule is CCc1cccc(C)c1NC(=O)CCc1ncc(-c2ccccc2Cl)o1. The lowest BCUT2D eigenvalue weighted by molar-refractivity contribution is -0.116. The Kier molecular flexibility index (Phi) is 5.74. The number of hydrogen-bond donors (Lipinski definition) is 1. The molecule has 3 aromatic rings. The third kappa shape index (κ3) is 4.14. The van der Waals surface area contributed by atoms with E-state index in [9.17, 15) is 4.79 Å². The molecule has 1 aromatic heterocycles. The Labute approximate surface area is 158 Å². The van der Waals surface area contributed by atoms with Gasteiger partial charge in [-0.25, -0.2) is 4.98 Å². The van der Waals surface area contributed by atoms with E-state index in [0.717, 1.165) is 28.8 Å². The van der Waals surface area contributed by atoms with Gasteiger partial charge in [0.1, 0.15) is 0 Å². The lowest BCUT2D eigenvalue weighted by Crippen LogP contribution is -2.14. The molecule has 0 unspecified atom stereocenters. The van der Waals surface area contributed by atoms with Gasteiger partial charge in [-0.1, -0.05) is 48.9 Å². The van der Waals surface area contributed by atoms with Crippen molar-refractivity contribution in [3.05, 3.63) is 70.7 Å². The predicted octanol–water partition coefficient (Wildman–Crippen LogP) is 5.44. The molecule has 4 nitrogen and oxygen atoms in total. The van der Waals surface area contributed by atoms with Gasteiger partial charge in [0.25, 0.3) is 0 Å². The average Bonchev–Trinajstić information content (AvgIpc) is 3.11. The molecule has 0 radical (unpaired) electrons. The van der Waals surface area contributed by atoms with Gasteiger partial charge in [0.15, 0.2) is 11.7 Å². The number of carbonyl (C=O) groups excluding carboxylic acids is 1. The first-order chi connectivity index (χ1) is 12.6. The lowest BCUT2D eigenvalue weighted by atomic mass is 10.1. The highest BCUT2D eigenvalue weighted by Gasteiger charge is 2.12. The van der Waals surface area contributed by atoms with Gasteiger partial charge in [0.05, 0.1) is 11.2 Å². The van der Waals surface area contributed by atoms with Crippen LogP contribution in [0.5, 0.6) is 0 Å². The van der Waals surface area contributed by atoms with Crippen LogP contribution in [-0.2, 0) is 17.6 Å². The van der Waals surface area contributed by atoms with Crippen molar-refractivity contribution in [3.63, 3.8) is 0 Å². The van der Waals surface area contributed by atoms with Gasteiger partial charge < -0.3 is 9.73 Å². The fourth-order valence-electron chi connectivity index (χ4n) is 2.84. The van der Waals surface area contributed by atoms with Crippen molar-refractivity contribution in [2.24, 2.45) is 0 Å². The molecular weight excluding hydrogens is 348 g/mol. The van der Waals surface area contributed by atoms with Crippen molar-refractivity contribution in [2.75, 3.05) is 5.32 Å². The van der Waals surface area contributed by atoms with Crippen molar-refractivity contribution in [2.45, 2.75) is 33.1 Å². The van der Waals surface area contributed by atoms with E-state index >= 15 is 0 Å². The highest BCUT2D eigenvalue weighted by molar-refractivity contribution is 6.33. The second kappa shape index (κ2) is 8.19. The number of anilines is 1. The Morgan fingerprint density at radius 2 is 2.00 bits per heavy atom. The van der Waals surface area contributed by atoms with Gasteiger partial charge in [-0.3, -0.25) is 4.79 Å². The quantitative estimate of drug-likeness (QED) is 0.630. The molecule has 0 spiro atoms. The van der Waals surface area contributed by atoms with E-state index in [1.807, 2.05) is 43.3 Å². The molecule has 1 N–H and O–H groups in total. The molecule has 2 aromatic carbocycles. The Morgan fingerprint density at radius 1 is 1.19 bits per heavy atom. The summed E-state index contributed by atoms with van der Waals surface area (Å²) < 4.78 is 5.74. The Balaban J connectivity index is 1.63. The molecule has 134 valence electrons. The summed E-state index contributed by atoms with van der Waals surface area (Å²) >= 11 is 6.18. The number of hydrogen-bond acceptors (Lipinski definition) is 3. The number of para-hydroxylation sites is 1. The van der Waals surface area contributed by atoms with Crippen LogP contribution in [-0.4, -0.2) is 10.9 Å². The Morgan fingerprint density at radius 3 is 2.77 bits per heavy atom. The number of halogens is 1. The van der Waals surface area contributed by atoms with E-state index in [-0.39, 0.29) is 5.91 Å². The van der Waals surface area contributed by atoms with Gasteiger partial charge in [-0.2, -0.15) is 0 Å². The molecule has 1 amide bonds. The largest absolute Gasteiger partial charge is 0.441 e. The molecule has 0 saturated carbocycles. The van der Waals surface area contributed by atoms with Crippen molar-refractivity contribution in [3.8, 4) is 11.3 Å². The smallest absolute Gasteiger partial charge is 0.224 e. The summed E-state index contributed by atoms with van der Waals surface area (Å²) in [6.45, 7) is 4.08. The summed E-state index contributed by atoms with van der Waals surface area (Å²) in [6.07, 6.45) is 3.26. The molecule has 0 bridgehead atoms. The van der Waals surface area contributed by atoms with Crippen LogP contribution in [0.4, 0.5) is 5.69 Å². The third-order valence-corrected chi connectivity index (χ3v) is 4.59. The topological polar surface area (TPSA) is 55.1 Å². The number of amides is 1. The lowest BCUT2D eigenvalue weighted by Gasteiger charge is -2.12. The van der Waals surface area contributed by atoms with Gasteiger partial charge in [0.2, 0.25) is 5.91 Å². The molecular formula is C21H21ClN2O2. The molecule has 0 aliphatic rings. The number of rotatable bonds is 6. The second-order valence-corrected chi connectivity index (χ2v) is 6.52. The minimum absolute atomic E-state index is 0.0495. The number of benzene rings is 2. The average molecular weight is 369 g/mol. The highest BCUT2D eigenvalue weighted by atomic mass is 35.5. The zero-order chi connectivity index (χ0) is 18.5. The number of carbonyl (C=O) groups is 1. The van der Waals surface area contributed by atoms with Gasteiger partial charge in [-0.05, 0) is 36.6 Å². The standard InChI is InChI=1S/C21H21ClN2O2/c1-3-15-8-6-7-14(2)21(15)24-19(25)11-12-20-23-13-18(26-20)16-9-4-5-10-17(16)22/h4-10,13H,3,11-12H2,1-2H3,(H,24,25). The Bertz CT molecular complexity index is 918. The number of aryl methyl sites for hydroxylation is 3. The monoisotopic (exact) mass is 368 g/mol. The summed E-state index contributed by atoms with van der Waals surface area (Å²) in [6, 6.07) is 13.5. The number of aromatic nitrogens is 1. The summed E-state index contributed by atoms with van der Waals surface area (Å²) in [7, 11) is 0. The number of oxazole rings is 1. The van der Waals surface area contributed by atoms with Crippen LogP contribution in [0, 0.1) is 6.92 Å². The van der Waals surface area contributed by atoms with Crippen LogP contribution < -0.4 is 5.32 Å². The first-order valence-corrected chi connectivity index (χ1v) is 9.04. The first-order valence-electron chi connectivity index (χ1n) is 8.66. The van der Waals surface area contributed by atoms with E-state index in [1.54, 1.807) is 12.3 Å². The minimum atomic E-state index is -0.0495. The van der Waals surface area contributed by atoms with E-state index in [4.69, 9.17) is 16.0 Å². The predicted molar refractivity (Wildman–Crippen MR) is 104 cm³/mol. The molecule has 1 heterocycles. The third-order valence-electron chi connectivity index (χ3n) is 4.26. The summed E-state index contributed by atoms with van der Waals surface area (Å²) in [5.41, 5.74) is 3.90. The van der Waals surface area contributed by atoms with Crippen LogP contribution in [0.1, 0.15) is 30.4 Å². The van der Waals surface area contributed by atoms with Crippen molar-refractivity contribution in [1.82, 2.24) is 4.98 Å². The minimum Gasteiger partial charge on any atom is -0.441 e. The first kappa shape index (κ1) is 18.2. The van der Waals surface area contributed by atoms with Gasteiger partial charge in [-0.15, -0.1) is 0 Å². The van der Waals surface area contributed by atoms with Gasteiger partial charge >= 0.3 is 0 Å². The maximum Gasteiger partial charge on any atom is 0.224 e. The highest BCUT2D eigenvalue weighted by Crippen LogP contribution is 2.28. The zero-order valence-electron chi connectivity index (χ0n) is 14.9. The normalized spacial score (nSPS) is 10.7. The maximum atomic E-state index is 12.3. The molecule has 26 heavy (non-hydrogen) atoms. The number of nitrogens with zero attached hydrogens (tertiary/aromatic N) is 1. The van der Waals surface area contributed by atoms with E-state index in [1.165, 1.54) is 0 Å². The molecule has 0 aliphatic heterocycles. The molecule has 5 heteroatoms. The number of nitrogens with one attached hydrogen (secondary N) is 1. The molecule has 0 aliphatic carbocycles. The molecule has 0 fully saturated rings. The van der Waals surface area contributed by atoms with E-state index in [2.05, 4.69) is 17.2 Å². The second-order valence-electron chi connectivity index (χ2n) is 6.11. The fourth-order valence-corrected chi connectivity index (χ4v) is 3.06. The molecule has 3 rings (SSSR count). The summed E-state index contributed by atoms with van der Waals surface area (Å²) in [5.74, 6) is 1.08. The summed E-state index contributed by atoms with van der Waals surface area (Å²) in [5, 5.41) is 3.63. The van der Waals surface area contributed by atoms with E-state index < -0.39 is 0 Å². The van der Waals surface area contributed by atoms with Crippen molar-refractivity contribution >= 4 is 23.2 Å².